The number of carbonyl (C=O) groups excluding carboxylic acids is 2. The number of primary amides is 1. The SMILES string of the molecule is CC(C)(C)n1ncc(C(=O)N2CC[C@H](C(N)=O)C2)c1C(F)(F)F. The van der Waals surface area contributed by atoms with E-state index in [0.717, 1.165) is 10.9 Å². The van der Waals surface area contributed by atoms with Crippen molar-refractivity contribution in [1.82, 2.24) is 14.7 Å². The molecule has 2 rings (SSSR count). The Morgan fingerprint density at radius 2 is 1.91 bits per heavy atom. The van der Waals surface area contributed by atoms with Crippen LogP contribution in [0.15, 0.2) is 6.20 Å². The lowest BCUT2D eigenvalue weighted by Gasteiger charge is -2.24. The summed E-state index contributed by atoms with van der Waals surface area (Å²) in [5, 5.41) is 3.76. The first kappa shape index (κ1) is 17.3. The average Bonchev–Trinajstić information content (AvgIpc) is 3.03. The molecule has 0 unspecified atom stereocenters. The minimum absolute atomic E-state index is 0.0339. The lowest BCUT2D eigenvalue weighted by Crippen LogP contribution is -2.34. The molecule has 0 radical (unpaired) electrons. The van der Waals surface area contributed by atoms with Crippen LogP contribution < -0.4 is 5.73 Å². The van der Waals surface area contributed by atoms with Crippen molar-refractivity contribution in [2.75, 3.05) is 13.1 Å². The molecule has 1 aromatic heterocycles. The first-order valence-electron chi connectivity index (χ1n) is 7.17. The van der Waals surface area contributed by atoms with Crippen LogP contribution in [-0.2, 0) is 16.5 Å². The first-order chi connectivity index (χ1) is 10.4. The molecule has 23 heavy (non-hydrogen) atoms. The molecule has 1 fully saturated rings. The normalized spacial score (nSPS) is 19.2. The predicted octanol–water partition coefficient (Wildman–Crippen LogP) is 1.60. The van der Waals surface area contributed by atoms with Crippen molar-refractivity contribution < 1.29 is 22.8 Å². The average molecular weight is 332 g/mol. The Labute approximate surface area is 131 Å². The molecule has 1 aromatic rings. The van der Waals surface area contributed by atoms with Gasteiger partial charge in [0.1, 0.15) is 0 Å². The molecule has 0 aliphatic carbocycles. The number of hydrogen-bond acceptors (Lipinski definition) is 3. The van der Waals surface area contributed by atoms with Crippen LogP contribution in [0.4, 0.5) is 13.2 Å². The van der Waals surface area contributed by atoms with E-state index >= 15 is 0 Å². The van der Waals surface area contributed by atoms with E-state index in [9.17, 15) is 22.8 Å². The van der Waals surface area contributed by atoms with Crippen LogP contribution >= 0.6 is 0 Å². The Morgan fingerprint density at radius 1 is 1.30 bits per heavy atom. The standard InChI is InChI=1S/C14H19F3N4O2/c1-13(2,3)21-10(14(15,16)17)9(6-19-21)12(23)20-5-4-8(7-20)11(18)22/h6,8H,4-5,7H2,1-3H3,(H2,18,22)/t8-/m0/s1. The molecule has 2 N–H and O–H groups in total. The topological polar surface area (TPSA) is 81.2 Å². The Hall–Kier alpha value is -2.06. The van der Waals surface area contributed by atoms with E-state index < -0.39 is 40.7 Å². The second-order valence-electron chi connectivity index (χ2n) is 6.63. The number of nitrogens with zero attached hydrogens (tertiary/aromatic N) is 3. The van der Waals surface area contributed by atoms with Gasteiger partial charge in [0.2, 0.25) is 5.91 Å². The molecular formula is C14H19F3N4O2. The van der Waals surface area contributed by atoms with Gasteiger partial charge < -0.3 is 10.6 Å². The summed E-state index contributed by atoms with van der Waals surface area (Å²) in [5.41, 5.74) is 2.69. The summed E-state index contributed by atoms with van der Waals surface area (Å²) in [4.78, 5) is 24.8. The van der Waals surface area contributed by atoms with E-state index in [1.54, 1.807) is 20.8 Å². The number of likely N-dealkylation sites (tertiary alicyclic amines) is 1. The molecule has 0 spiro atoms. The molecule has 1 aliphatic heterocycles. The lowest BCUT2D eigenvalue weighted by molar-refractivity contribution is -0.146. The van der Waals surface area contributed by atoms with Crippen molar-refractivity contribution in [3.05, 3.63) is 17.5 Å². The van der Waals surface area contributed by atoms with Crippen molar-refractivity contribution in [3.63, 3.8) is 0 Å². The van der Waals surface area contributed by atoms with E-state index in [1.807, 2.05) is 0 Å². The van der Waals surface area contributed by atoms with Crippen LogP contribution in [0, 0.1) is 5.92 Å². The largest absolute Gasteiger partial charge is 0.433 e. The molecule has 0 bridgehead atoms. The minimum atomic E-state index is -4.71. The van der Waals surface area contributed by atoms with E-state index in [2.05, 4.69) is 5.10 Å². The molecule has 1 aliphatic rings. The number of alkyl halides is 3. The molecule has 9 heteroatoms. The molecular weight excluding hydrogens is 313 g/mol. The van der Waals surface area contributed by atoms with E-state index in [1.165, 1.54) is 4.90 Å². The molecule has 1 atom stereocenters. The van der Waals surface area contributed by atoms with Crippen molar-refractivity contribution in [3.8, 4) is 0 Å². The Balaban J connectivity index is 2.39. The molecule has 0 saturated carbocycles. The summed E-state index contributed by atoms with van der Waals surface area (Å²) in [6.45, 7) is 4.95. The van der Waals surface area contributed by atoms with Gasteiger partial charge in [-0.3, -0.25) is 14.3 Å². The summed E-state index contributed by atoms with van der Waals surface area (Å²) in [7, 11) is 0. The molecule has 1 saturated heterocycles. The highest BCUT2D eigenvalue weighted by molar-refractivity contribution is 5.96. The number of amides is 2. The monoisotopic (exact) mass is 332 g/mol. The highest BCUT2D eigenvalue weighted by Crippen LogP contribution is 2.35. The number of nitrogens with two attached hydrogens (primary N) is 1. The third kappa shape index (κ3) is 3.32. The third-order valence-electron chi connectivity index (χ3n) is 3.78. The van der Waals surface area contributed by atoms with Crippen LogP contribution in [0.5, 0.6) is 0 Å². The zero-order chi connectivity index (χ0) is 17.6. The molecule has 6 nitrogen and oxygen atoms in total. The fraction of sp³-hybridized carbons (Fsp3) is 0.643. The first-order valence-corrected chi connectivity index (χ1v) is 7.17. The Bertz CT molecular complexity index is 631. The Morgan fingerprint density at radius 3 is 2.35 bits per heavy atom. The summed E-state index contributed by atoms with van der Waals surface area (Å²) < 4.78 is 41.1. The number of halogens is 3. The third-order valence-corrected chi connectivity index (χ3v) is 3.78. The fourth-order valence-electron chi connectivity index (χ4n) is 2.63. The van der Waals surface area contributed by atoms with Crippen LogP contribution in [0.1, 0.15) is 43.2 Å². The van der Waals surface area contributed by atoms with Crippen LogP contribution in [0.3, 0.4) is 0 Å². The molecule has 0 aromatic carbocycles. The van der Waals surface area contributed by atoms with Gasteiger partial charge in [0.15, 0.2) is 5.69 Å². The molecule has 2 amide bonds. The van der Waals surface area contributed by atoms with Gasteiger partial charge in [0.05, 0.1) is 23.2 Å². The smallest absolute Gasteiger partial charge is 0.369 e. The van der Waals surface area contributed by atoms with Crippen molar-refractivity contribution >= 4 is 11.8 Å². The van der Waals surface area contributed by atoms with Crippen molar-refractivity contribution in [2.45, 2.75) is 38.9 Å². The van der Waals surface area contributed by atoms with Crippen LogP contribution in [-0.4, -0.2) is 39.6 Å². The van der Waals surface area contributed by atoms with E-state index in [4.69, 9.17) is 5.73 Å². The van der Waals surface area contributed by atoms with Crippen molar-refractivity contribution in [1.29, 1.82) is 0 Å². The second-order valence-corrected chi connectivity index (χ2v) is 6.63. The molecule has 2 heterocycles. The van der Waals surface area contributed by atoms with Gasteiger partial charge in [-0.25, -0.2) is 0 Å². The predicted molar refractivity (Wildman–Crippen MR) is 75.4 cm³/mol. The van der Waals surface area contributed by atoms with E-state index in [-0.39, 0.29) is 13.1 Å². The minimum Gasteiger partial charge on any atom is -0.369 e. The van der Waals surface area contributed by atoms with Crippen LogP contribution in [0.25, 0.3) is 0 Å². The maximum absolute atomic E-state index is 13.4. The van der Waals surface area contributed by atoms with Gasteiger partial charge in [-0.05, 0) is 27.2 Å². The maximum atomic E-state index is 13.4. The summed E-state index contributed by atoms with van der Waals surface area (Å²) in [6.07, 6.45) is -3.42. The number of hydrogen-bond donors (Lipinski definition) is 1. The van der Waals surface area contributed by atoms with Gasteiger partial charge in [-0.15, -0.1) is 0 Å². The number of carbonyl (C=O) groups is 2. The maximum Gasteiger partial charge on any atom is 0.433 e. The van der Waals surface area contributed by atoms with Gasteiger partial charge >= 0.3 is 6.18 Å². The van der Waals surface area contributed by atoms with Crippen LogP contribution in [0.2, 0.25) is 0 Å². The number of rotatable bonds is 2. The summed E-state index contributed by atoms with van der Waals surface area (Å²) in [5.74, 6) is -1.86. The zero-order valence-corrected chi connectivity index (χ0v) is 13.1. The highest BCUT2D eigenvalue weighted by atomic mass is 19.4. The van der Waals surface area contributed by atoms with E-state index in [0.29, 0.717) is 6.42 Å². The summed E-state index contributed by atoms with van der Waals surface area (Å²) in [6, 6.07) is 0. The lowest BCUT2D eigenvalue weighted by atomic mass is 10.1. The van der Waals surface area contributed by atoms with Gasteiger partial charge in [0, 0.05) is 13.1 Å². The van der Waals surface area contributed by atoms with Gasteiger partial charge in [-0.1, -0.05) is 0 Å². The molecule has 128 valence electrons. The second kappa shape index (κ2) is 5.54. The number of aromatic nitrogens is 2. The van der Waals surface area contributed by atoms with Crippen molar-refractivity contribution in [2.24, 2.45) is 11.7 Å². The van der Waals surface area contributed by atoms with Gasteiger partial charge in [0.25, 0.3) is 5.91 Å². The zero-order valence-electron chi connectivity index (χ0n) is 13.1. The Kier molecular flexibility index (Phi) is 4.16. The highest BCUT2D eigenvalue weighted by Gasteiger charge is 2.44. The quantitative estimate of drug-likeness (QED) is 0.893. The van der Waals surface area contributed by atoms with Gasteiger partial charge in [-0.2, -0.15) is 18.3 Å². The fourth-order valence-corrected chi connectivity index (χ4v) is 2.63. The summed E-state index contributed by atoms with van der Waals surface area (Å²) >= 11 is 0.